The van der Waals surface area contributed by atoms with Crippen LogP contribution in [0.3, 0.4) is 0 Å². The molecular weight excluding hydrogens is 168 g/mol. The summed E-state index contributed by atoms with van der Waals surface area (Å²) in [6.45, 7) is 8.39. The zero-order valence-corrected chi connectivity index (χ0v) is 9.27. The fourth-order valence-corrected chi connectivity index (χ4v) is 1.22. The smallest absolute Gasteiger partial charge is 0.0597 e. The standard InChI is InChI=1S/C10H20OS/c1-8(2)10(11)6-5-7-12-9(3)4/h5,7-11H,6H2,1-4H3/b7-5+. The average Bonchev–Trinajstić information content (AvgIpc) is 1.97. The van der Waals surface area contributed by atoms with Gasteiger partial charge in [0.2, 0.25) is 0 Å². The molecule has 1 unspecified atom stereocenters. The number of hydrogen-bond donors (Lipinski definition) is 1. The van der Waals surface area contributed by atoms with Crippen molar-refractivity contribution < 1.29 is 5.11 Å². The van der Waals surface area contributed by atoms with Gasteiger partial charge in [0.05, 0.1) is 6.10 Å². The molecule has 12 heavy (non-hydrogen) atoms. The van der Waals surface area contributed by atoms with E-state index in [2.05, 4.69) is 25.3 Å². The molecule has 0 saturated heterocycles. The Hall–Kier alpha value is 0.0500. The van der Waals surface area contributed by atoms with Crippen LogP contribution in [-0.4, -0.2) is 16.5 Å². The minimum Gasteiger partial charge on any atom is -0.393 e. The molecule has 0 aromatic heterocycles. The summed E-state index contributed by atoms with van der Waals surface area (Å²) in [5, 5.41) is 12.1. The highest BCUT2D eigenvalue weighted by molar-refractivity contribution is 8.02. The predicted octanol–water partition coefficient (Wildman–Crippen LogP) is 3.05. The normalized spacial score (nSPS) is 14.9. The number of hydrogen-bond acceptors (Lipinski definition) is 2. The summed E-state index contributed by atoms with van der Waals surface area (Å²) in [4.78, 5) is 0. The van der Waals surface area contributed by atoms with Crippen molar-refractivity contribution in [2.75, 3.05) is 0 Å². The van der Waals surface area contributed by atoms with Gasteiger partial charge in [-0.25, -0.2) is 0 Å². The Kier molecular flexibility index (Phi) is 6.58. The van der Waals surface area contributed by atoms with Gasteiger partial charge in [0.15, 0.2) is 0 Å². The molecule has 0 aliphatic carbocycles. The lowest BCUT2D eigenvalue weighted by atomic mass is 10.1. The number of rotatable bonds is 5. The summed E-state index contributed by atoms with van der Waals surface area (Å²) < 4.78 is 0. The molecule has 0 aromatic rings. The van der Waals surface area contributed by atoms with E-state index in [-0.39, 0.29) is 6.10 Å². The summed E-state index contributed by atoms with van der Waals surface area (Å²) in [7, 11) is 0. The Morgan fingerprint density at radius 1 is 1.25 bits per heavy atom. The lowest BCUT2D eigenvalue weighted by Crippen LogP contribution is -2.12. The van der Waals surface area contributed by atoms with Crippen LogP contribution in [-0.2, 0) is 0 Å². The molecule has 0 bridgehead atoms. The molecule has 0 aliphatic rings. The Morgan fingerprint density at radius 2 is 1.83 bits per heavy atom. The maximum Gasteiger partial charge on any atom is 0.0597 e. The molecule has 0 rings (SSSR count). The fraction of sp³-hybridized carbons (Fsp3) is 0.800. The van der Waals surface area contributed by atoms with Crippen LogP contribution in [0.15, 0.2) is 11.5 Å². The number of aliphatic hydroxyl groups is 1. The maximum absolute atomic E-state index is 9.43. The lowest BCUT2D eigenvalue weighted by Gasteiger charge is -2.10. The van der Waals surface area contributed by atoms with Crippen molar-refractivity contribution >= 4 is 11.8 Å². The van der Waals surface area contributed by atoms with Crippen LogP contribution in [0.4, 0.5) is 0 Å². The first-order valence-electron chi connectivity index (χ1n) is 4.52. The minimum absolute atomic E-state index is 0.186. The topological polar surface area (TPSA) is 20.2 Å². The number of aliphatic hydroxyl groups excluding tert-OH is 1. The first-order chi connectivity index (χ1) is 5.54. The highest BCUT2D eigenvalue weighted by Gasteiger charge is 2.05. The van der Waals surface area contributed by atoms with Crippen molar-refractivity contribution in [2.45, 2.75) is 45.5 Å². The van der Waals surface area contributed by atoms with E-state index in [0.717, 1.165) is 6.42 Å². The van der Waals surface area contributed by atoms with Gasteiger partial charge in [-0.05, 0) is 17.7 Å². The molecule has 0 aliphatic heterocycles. The summed E-state index contributed by atoms with van der Waals surface area (Å²) >= 11 is 1.79. The van der Waals surface area contributed by atoms with Gasteiger partial charge in [0.25, 0.3) is 0 Å². The SMILES string of the molecule is CC(C)S/C=C/CC(O)C(C)C. The van der Waals surface area contributed by atoms with Crippen LogP contribution in [0.2, 0.25) is 0 Å². The second-order valence-corrected chi connectivity index (χ2v) is 5.09. The lowest BCUT2D eigenvalue weighted by molar-refractivity contribution is 0.128. The molecule has 1 nitrogen and oxygen atoms in total. The first kappa shape index (κ1) is 12.0. The van der Waals surface area contributed by atoms with E-state index in [1.54, 1.807) is 11.8 Å². The predicted molar refractivity (Wildman–Crippen MR) is 57.3 cm³/mol. The van der Waals surface area contributed by atoms with Gasteiger partial charge < -0.3 is 5.11 Å². The van der Waals surface area contributed by atoms with Crippen LogP contribution in [0.1, 0.15) is 34.1 Å². The Bertz CT molecular complexity index is 130. The van der Waals surface area contributed by atoms with E-state index >= 15 is 0 Å². The van der Waals surface area contributed by atoms with E-state index in [9.17, 15) is 5.11 Å². The van der Waals surface area contributed by atoms with E-state index < -0.39 is 0 Å². The zero-order chi connectivity index (χ0) is 9.56. The summed E-state index contributed by atoms with van der Waals surface area (Å²) in [5.41, 5.74) is 0. The molecule has 1 N–H and O–H groups in total. The quantitative estimate of drug-likeness (QED) is 0.715. The van der Waals surface area contributed by atoms with Gasteiger partial charge in [0, 0.05) is 5.25 Å². The second kappa shape index (κ2) is 6.55. The van der Waals surface area contributed by atoms with Crippen molar-refractivity contribution in [1.29, 1.82) is 0 Å². The minimum atomic E-state index is -0.186. The molecule has 0 heterocycles. The third-order valence-electron chi connectivity index (χ3n) is 1.59. The van der Waals surface area contributed by atoms with Crippen molar-refractivity contribution in [2.24, 2.45) is 5.92 Å². The van der Waals surface area contributed by atoms with Crippen molar-refractivity contribution in [1.82, 2.24) is 0 Å². The molecule has 0 spiro atoms. The van der Waals surface area contributed by atoms with E-state index in [1.165, 1.54) is 0 Å². The molecule has 0 radical (unpaired) electrons. The van der Waals surface area contributed by atoms with Crippen LogP contribution in [0, 0.1) is 5.92 Å². The zero-order valence-electron chi connectivity index (χ0n) is 8.45. The van der Waals surface area contributed by atoms with Crippen LogP contribution < -0.4 is 0 Å². The fourth-order valence-electron chi connectivity index (χ4n) is 0.680. The molecule has 72 valence electrons. The largest absolute Gasteiger partial charge is 0.393 e. The molecule has 2 heteroatoms. The highest BCUT2D eigenvalue weighted by atomic mass is 32.2. The van der Waals surface area contributed by atoms with E-state index in [0.29, 0.717) is 11.2 Å². The Morgan fingerprint density at radius 3 is 2.25 bits per heavy atom. The maximum atomic E-state index is 9.43. The summed E-state index contributed by atoms with van der Waals surface area (Å²) in [5.74, 6) is 0.360. The molecule has 0 fully saturated rings. The van der Waals surface area contributed by atoms with Crippen molar-refractivity contribution in [3.8, 4) is 0 Å². The van der Waals surface area contributed by atoms with Crippen LogP contribution in [0.25, 0.3) is 0 Å². The van der Waals surface area contributed by atoms with Gasteiger partial charge in [-0.15, -0.1) is 11.8 Å². The highest BCUT2D eigenvalue weighted by Crippen LogP contribution is 2.12. The van der Waals surface area contributed by atoms with Gasteiger partial charge in [0.1, 0.15) is 0 Å². The van der Waals surface area contributed by atoms with Gasteiger partial charge in [-0.2, -0.15) is 0 Å². The molecule has 1 atom stereocenters. The van der Waals surface area contributed by atoms with Gasteiger partial charge in [-0.3, -0.25) is 0 Å². The molecular formula is C10H20OS. The Labute approximate surface area is 80.3 Å². The van der Waals surface area contributed by atoms with Gasteiger partial charge >= 0.3 is 0 Å². The van der Waals surface area contributed by atoms with Crippen LogP contribution >= 0.6 is 11.8 Å². The third kappa shape index (κ3) is 6.74. The molecule has 0 saturated carbocycles. The summed E-state index contributed by atoms with van der Waals surface area (Å²) in [6.07, 6.45) is 2.64. The second-order valence-electron chi connectivity index (χ2n) is 3.60. The number of thioether (sulfide) groups is 1. The first-order valence-corrected chi connectivity index (χ1v) is 5.46. The average molecular weight is 188 g/mol. The molecule has 0 aromatic carbocycles. The van der Waals surface area contributed by atoms with Gasteiger partial charge in [-0.1, -0.05) is 33.8 Å². The summed E-state index contributed by atoms with van der Waals surface area (Å²) in [6, 6.07) is 0. The third-order valence-corrected chi connectivity index (χ3v) is 2.49. The van der Waals surface area contributed by atoms with Crippen molar-refractivity contribution in [3.63, 3.8) is 0 Å². The van der Waals surface area contributed by atoms with E-state index in [1.807, 2.05) is 13.8 Å². The van der Waals surface area contributed by atoms with Crippen LogP contribution in [0.5, 0.6) is 0 Å². The van der Waals surface area contributed by atoms with Crippen molar-refractivity contribution in [3.05, 3.63) is 11.5 Å². The van der Waals surface area contributed by atoms with E-state index in [4.69, 9.17) is 0 Å². The Balaban J connectivity index is 3.46. The molecule has 0 amide bonds. The monoisotopic (exact) mass is 188 g/mol.